The maximum Gasteiger partial charge on any atom is 0.336 e. The first-order valence-corrected chi connectivity index (χ1v) is 8.75. The average Bonchev–Trinajstić information content (AvgIpc) is 2.63. The Morgan fingerprint density at radius 2 is 1.85 bits per heavy atom. The van der Waals surface area contributed by atoms with Gasteiger partial charge in [-0.05, 0) is 24.6 Å². The zero-order valence-corrected chi connectivity index (χ0v) is 16.6. The number of allylic oxidation sites excluding steroid dienone is 1. The van der Waals surface area contributed by atoms with E-state index in [0.717, 1.165) is 4.57 Å². The van der Waals surface area contributed by atoms with E-state index >= 15 is 0 Å². The number of benzene rings is 1. The summed E-state index contributed by atoms with van der Waals surface area (Å²) < 4.78 is 7.25. The lowest BCUT2D eigenvalue weighted by Gasteiger charge is -2.31. The van der Waals surface area contributed by atoms with Gasteiger partial charge in [0.05, 0.1) is 24.2 Å². The second-order valence-electron chi connectivity index (χ2n) is 6.22. The molecule has 3 rings (SSSR count). The molecule has 0 spiro atoms. The number of halogens is 2. The number of aromatic nitrogens is 2. The number of carbonyl (C=O) groups is 1. The Labute approximate surface area is 164 Å². The predicted octanol–water partition coefficient (Wildman–Crippen LogP) is 2.40. The number of fused-ring (bicyclic) bond motifs is 1. The summed E-state index contributed by atoms with van der Waals surface area (Å²) in [4.78, 5) is 37.8. The summed E-state index contributed by atoms with van der Waals surface area (Å²) in [5, 5.41) is 3.71. The van der Waals surface area contributed by atoms with E-state index in [4.69, 9.17) is 27.9 Å². The minimum Gasteiger partial charge on any atom is -0.466 e. The molecule has 1 N–H and O–H groups in total. The largest absolute Gasteiger partial charge is 0.466 e. The molecule has 1 aliphatic rings. The van der Waals surface area contributed by atoms with Crippen molar-refractivity contribution in [3.63, 3.8) is 0 Å². The van der Waals surface area contributed by atoms with E-state index < -0.39 is 23.1 Å². The molecule has 0 fully saturated rings. The fourth-order valence-corrected chi connectivity index (χ4v) is 3.83. The Kier molecular flexibility index (Phi) is 4.92. The number of ether oxygens (including phenoxy) is 1. The number of methoxy groups -OCH3 is 1. The first-order chi connectivity index (χ1) is 12.7. The van der Waals surface area contributed by atoms with Gasteiger partial charge in [-0.25, -0.2) is 9.59 Å². The Morgan fingerprint density at radius 1 is 1.19 bits per heavy atom. The maximum atomic E-state index is 13.0. The first-order valence-electron chi connectivity index (χ1n) is 8.00. The number of anilines is 1. The second-order valence-corrected chi connectivity index (χ2v) is 7.07. The fourth-order valence-electron chi connectivity index (χ4n) is 3.31. The van der Waals surface area contributed by atoms with Crippen LogP contribution in [0.2, 0.25) is 10.0 Å². The topological polar surface area (TPSA) is 82.3 Å². The molecule has 0 radical (unpaired) electrons. The SMILES string of the molecule is COC(=O)C1=C(C)Nc2c(c(=O)n(C)c(=O)n2C)C1c1ccc(Cl)cc1Cl. The van der Waals surface area contributed by atoms with Crippen molar-refractivity contribution >= 4 is 35.0 Å². The van der Waals surface area contributed by atoms with E-state index in [1.54, 1.807) is 26.1 Å². The van der Waals surface area contributed by atoms with Gasteiger partial charge in [0.15, 0.2) is 0 Å². The van der Waals surface area contributed by atoms with Crippen molar-refractivity contribution in [3.05, 3.63) is 71.5 Å². The average molecular weight is 410 g/mol. The van der Waals surface area contributed by atoms with Crippen molar-refractivity contribution in [2.24, 2.45) is 14.1 Å². The van der Waals surface area contributed by atoms with E-state index in [-0.39, 0.29) is 11.1 Å². The number of nitrogens with one attached hydrogen (secondary N) is 1. The number of hydrogen-bond donors (Lipinski definition) is 1. The van der Waals surface area contributed by atoms with Crippen molar-refractivity contribution in [1.82, 2.24) is 9.13 Å². The van der Waals surface area contributed by atoms with Gasteiger partial charge in [0, 0.05) is 29.8 Å². The van der Waals surface area contributed by atoms with Crippen molar-refractivity contribution in [3.8, 4) is 0 Å². The number of esters is 1. The highest BCUT2D eigenvalue weighted by molar-refractivity contribution is 6.35. The summed E-state index contributed by atoms with van der Waals surface area (Å²) in [7, 11) is 4.19. The van der Waals surface area contributed by atoms with Gasteiger partial charge in [0.25, 0.3) is 5.56 Å². The molecule has 9 heteroatoms. The molecule has 0 saturated carbocycles. The van der Waals surface area contributed by atoms with Gasteiger partial charge in [0.2, 0.25) is 0 Å². The minimum absolute atomic E-state index is 0.231. The highest BCUT2D eigenvalue weighted by Gasteiger charge is 2.38. The Morgan fingerprint density at radius 3 is 2.44 bits per heavy atom. The van der Waals surface area contributed by atoms with Crippen molar-refractivity contribution in [2.45, 2.75) is 12.8 Å². The number of hydrogen-bond acceptors (Lipinski definition) is 5. The first kappa shape index (κ1) is 19.3. The molecule has 27 heavy (non-hydrogen) atoms. The van der Waals surface area contributed by atoms with Crippen LogP contribution < -0.4 is 16.6 Å². The molecule has 0 aliphatic carbocycles. The number of rotatable bonds is 2. The third-order valence-corrected chi connectivity index (χ3v) is 5.23. The molecular weight excluding hydrogens is 393 g/mol. The third-order valence-electron chi connectivity index (χ3n) is 4.67. The highest BCUT2D eigenvalue weighted by Crippen LogP contribution is 2.42. The molecule has 142 valence electrons. The zero-order chi connectivity index (χ0) is 20.0. The van der Waals surface area contributed by atoms with Crippen LogP contribution in [0, 0.1) is 0 Å². The van der Waals surface area contributed by atoms with Gasteiger partial charge in [-0.1, -0.05) is 29.3 Å². The smallest absolute Gasteiger partial charge is 0.336 e. The van der Waals surface area contributed by atoms with Crippen LogP contribution >= 0.6 is 23.2 Å². The van der Waals surface area contributed by atoms with Gasteiger partial charge in [-0.3, -0.25) is 13.9 Å². The van der Waals surface area contributed by atoms with Crippen LogP contribution in [-0.2, 0) is 23.6 Å². The van der Waals surface area contributed by atoms with E-state index in [9.17, 15) is 14.4 Å². The van der Waals surface area contributed by atoms with Gasteiger partial charge >= 0.3 is 11.7 Å². The number of nitrogens with zero attached hydrogens (tertiary/aromatic N) is 2. The fraction of sp³-hybridized carbons (Fsp3) is 0.278. The maximum absolute atomic E-state index is 13.0. The van der Waals surface area contributed by atoms with E-state index in [0.29, 0.717) is 27.1 Å². The standard InChI is InChI=1S/C18H17Cl2N3O4/c1-8-12(17(25)27-4)13(10-6-5-9(19)7-11(10)20)14-15(21-8)22(2)18(26)23(3)16(14)24/h5-7,13,21H,1-4H3. The van der Waals surface area contributed by atoms with Gasteiger partial charge in [-0.15, -0.1) is 0 Å². The van der Waals surface area contributed by atoms with Crippen molar-refractivity contribution in [1.29, 1.82) is 0 Å². The van der Waals surface area contributed by atoms with Crippen molar-refractivity contribution in [2.75, 3.05) is 12.4 Å². The third kappa shape index (κ3) is 2.96. The molecule has 1 aliphatic heterocycles. The summed E-state index contributed by atoms with van der Waals surface area (Å²) in [5.74, 6) is -1.11. The zero-order valence-electron chi connectivity index (χ0n) is 15.1. The van der Waals surface area contributed by atoms with Crippen molar-refractivity contribution < 1.29 is 9.53 Å². The Hall–Kier alpha value is -2.51. The normalized spacial score (nSPS) is 16.0. The summed E-state index contributed by atoms with van der Waals surface area (Å²) in [6.45, 7) is 1.67. The van der Waals surface area contributed by atoms with Crippen LogP contribution in [-0.4, -0.2) is 22.2 Å². The lowest BCUT2D eigenvalue weighted by molar-refractivity contribution is -0.136. The van der Waals surface area contributed by atoms with Gasteiger partial charge in [0.1, 0.15) is 5.82 Å². The predicted molar refractivity (Wildman–Crippen MR) is 104 cm³/mol. The molecule has 1 unspecified atom stereocenters. The van der Waals surface area contributed by atoms with Crippen LogP contribution in [0.5, 0.6) is 0 Å². The lowest BCUT2D eigenvalue weighted by Crippen LogP contribution is -2.43. The van der Waals surface area contributed by atoms with Crippen LogP contribution in [0.4, 0.5) is 5.82 Å². The highest BCUT2D eigenvalue weighted by atomic mass is 35.5. The van der Waals surface area contributed by atoms with Crippen LogP contribution in [0.25, 0.3) is 0 Å². The Balaban J connectivity index is 2.45. The molecule has 1 aromatic carbocycles. The summed E-state index contributed by atoms with van der Waals surface area (Å²) in [6, 6.07) is 4.82. The monoisotopic (exact) mass is 409 g/mol. The quantitative estimate of drug-likeness (QED) is 0.769. The molecule has 2 heterocycles. The molecular formula is C18H17Cl2N3O4. The summed E-state index contributed by atoms with van der Waals surface area (Å²) in [6.07, 6.45) is 0. The molecule has 1 atom stereocenters. The molecule has 0 saturated heterocycles. The summed E-state index contributed by atoms with van der Waals surface area (Å²) >= 11 is 12.4. The minimum atomic E-state index is -0.816. The Bertz CT molecular complexity index is 1110. The molecule has 7 nitrogen and oxygen atoms in total. The van der Waals surface area contributed by atoms with E-state index in [1.165, 1.54) is 24.8 Å². The molecule has 1 aromatic heterocycles. The summed E-state index contributed by atoms with van der Waals surface area (Å²) in [5.41, 5.74) is 0.444. The second kappa shape index (κ2) is 6.90. The number of carbonyl (C=O) groups excluding carboxylic acids is 1. The van der Waals surface area contributed by atoms with Crippen LogP contribution in [0.1, 0.15) is 24.0 Å². The van der Waals surface area contributed by atoms with Gasteiger partial charge in [-0.2, -0.15) is 0 Å². The van der Waals surface area contributed by atoms with Crippen LogP contribution in [0.3, 0.4) is 0 Å². The van der Waals surface area contributed by atoms with E-state index in [1.807, 2.05) is 0 Å². The lowest BCUT2D eigenvalue weighted by atomic mass is 9.82. The van der Waals surface area contributed by atoms with Gasteiger partial charge < -0.3 is 10.1 Å². The molecule has 2 aromatic rings. The molecule has 0 bridgehead atoms. The van der Waals surface area contributed by atoms with E-state index in [2.05, 4.69) is 5.32 Å². The molecule has 0 amide bonds. The van der Waals surface area contributed by atoms with Crippen LogP contribution in [0.15, 0.2) is 39.1 Å².